The van der Waals surface area contributed by atoms with Gasteiger partial charge in [-0.2, -0.15) is 15.8 Å². The van der Waals surface area contributed by atoms with Crippen molar-refractivity contribution in [2.45, 2.75) is 44.5 Å². The van der Waals surface area contributed by atoms with E-state index in [9.17, 15) is 37.7 Å². The molecule has 0 spiro atoms. The highest BCUT2D eigenvalue weighted by Crippen LogP contribution is 2.70. The Morgan fingerprint density at radius 1 is 0.969 bits per heavy atom. The third-order valence-electron chi connectivity index (χ3n) is 7.10. The van der Waals surface area contributed by atoms with Crippen molar-refractivity contribution in [1.29, 1.82) is 21.2 Å². The van der Waals surface area contributed by atoms with Gasteiger partial charge in [-0.3, -0.25) is 5.41 Å². The predicted octanol–water partition coefficient (Wildman–Crippen LogP) is 4.53. The third kappa shape index (κ3) is 2.26. The quantitative estimate of drug-likeness (QED) is 0.404. The zero-order chi connectivity index (χ0) is 23.6. The SMILES string of the molecule is CCC1CCC23OC(=N)C(C#N)(C2C1)C(C#N)(C#N)C(c1c(F)c(F)c(F)c(F)c1F)O3. The van der Waals surface area contributed by atoms with E-state index in [1.54, 1.807) is 6.07 Å². The summed E-state index contributed by atoms with van der Waals surface area (Å²) in [6.45, 7) is 1.89. The van der Waals surface area contributed by atoms with Crippen LogP contribution in [0.15, 0.2) is 0 Å². The molecule has 0 aromatic heterocycles. The highest BCUT2D eigenvalue weighted by Gasteiger charge is 2.81. The highest BCUT2D eigenvalue weighted by molar-refractivity contribution is 5.89. The van der Waals surface area contributed by atoms with Gasteiger partial charge in [-0.15, -0.1) is 0 Å². The minimum absolute atomic E-state index is 0.0276. The van der Waals surface area contributed by atoms with E-state index in [1.807, 2.05) is 6.92 Å². The van der Waals surface area contributed by atoms with E-state index < -0.39 is 69.2 Å². The van der Waals surface area contributed by atoms with E-state index in [0.717, 1.165) is 0 Å². The lowest BCUT2D eigenvalue weighted by Gasteiger charge is -2.52. The number of hydrogen-bond acceptors (Lipinski definition) is 6. The molecule has 3 aliphatic rings. The van der Waals surface area contributed by atoms with Crippen LogP contribution >= 0.6 is 0 Å². The molecule has 2 aliphatic heterocycles. The summed E-state index contributed by atoms with van der Waals surface area (Å²) in [4.78, 5) is 0. The van der Waals surface area contributed by atoms with Crippen LogP contribution in [0.25, 0.3) is 0 Å². The maximum absolute atomic E-state index is 14.7. The third-order valence-corrected chi connectivity index (χ3v) is 7.10. The van der Waals surface area contributed by atoms with E-state index in [1.165, 1.54) is 12.1 Å². The van der Waals surface area contributed by atoms with Crippen molar-refractivity contribution in [3.8, 4) is 18.2 Å². The van der Waals surface area contributed by atoms with E-state index in [2.05, 4.69) is 0 Å². The summed E-state index contributed by atoms with van der Waals surface area (Å²) >= 11 is 0. The first-order chi connectivity index (χ1) is 15.1. The van der Waals surface area contributed by atoms with Gasteiger partial charge in [0, 0.05) is 6.42 Å². The van der Waals surface area contributed by atoms with Gasteiger partial charge in [-0.25, -0.2) is 22.0 Å². The van der Waals surface area contributed by atoms with Crippen LogP contribution in [0.1, 0.15) is 44.3 Å². The van der Waals surface area contributed by atoms with Crippen LogP contribution in [-0.2, 0) is 9.47 Å². The molecule has 1 saturated carbocycles. The van der Waals surface area contributed by atoms with Crippen molar-refractivity contribution in [2.75, 3.05) is 0 Å². The number of nitriles is 3. The zero-order valence-corrected chi connectivity index (χ0v) is 16.6. The van der Waals surface area contributed by atoms with Crippen LogP contribution in [0.2, 0.25) is 0 Å². The van der Waals surface area contributed by atoms with Crippen LogP contribution in [-0.4, -0.2) is 11.7 Å². The topological polar surface area (TPSA) is 114 Å². The Morgan fingerprint density at radius 2 is 1.53 bits per heavy atom. The highest BCUT2D eigenvalue weighted by atomic mass is 19.2. The number of hydrogen-bond donors (Lipinski definition) is 1. The summed E-state index contributed by atoms with van der Waals surface area (Å²) in [7, 11) is 0. The molecule has 1 aromatic carbocycles. The van der Waals surface area contributed by atoms with Gasteiger partial charge in [0.05, 0.1) is 29.7 Å². The smallest absolute Gasteiger partial charge is 0.217 e. The second kappa shape index (κ2) is 6.88. The first-order valence-electron chi connectivity index (χ1n) is 9.81. The molecule has 0 amide bonds. The molecule has 2 heterocycles. The monoisotopic (exact) mass is 450 g/mol. The normalized spacial score (nSPS) is 34.6. The molecule has 5 unspecified atom stereocenters. The molecular formula is C21H15F5N4O2. The molecular weight excluding hydrogens is 435 g/mol. The second-order valence-electron chi connectivity index (χ2n) is 8.28. The number of nitrogens with one attached hydrogen (secondary N) is 1. The van der Waals surface area contributed by atoms with Crippen molar-refractivity contribution in [2.24, 2.45) is 22.7 Å². The van der Waals surface area contributed by atoms with Gasteiger partial charge in [0.2, 0.25) is 22.9 Å². The average molecular weight is 450 g/mol. The Bertz CT molecular complexity index is 1130. The van der Waals surface area contributed by atoms with Crippen molar-refractivity contribution < 1.29 is 31.4 Å². The minimum atomic E-state index is -2.82. The van der Waals surface area contributed by atoms with E-state index in [-0.39, 0.29) is 18.8 Å². The maximum Gasteiger partial charge on any atom is 0.217 e. The predicted molar refractivity (Wildman–Crippen MR) is 94.4 cm³/mol. The van der Waals surface area contributed by atoms with E-state index in [0.29, 0.717) is 12.8 Å². The Balaban J connectivity index is 2.06. The number of nitrogens with zero attached hydrogens (tertiary/aromatic N) is 3. The summed E-state index contributed by atoms with van der Waals surface area (Å²) in [5.41, 5.74) is -6.71. The summed E-state index contributed by atoms with van der Waals surface area (Å²) in [5, 5.41) is 38.6. The van der Waals surface area contributed by atoms with Crippen LogP contribution in [0, 0.1) is 91.2 Å². The van der Waals surface area contributed by atoms with Gasteiger partial charge in [-0.05, 0) is 18.8 Å². The molecule has 1 aromatic rings. The van der Waals surface area contributed by atoms with Crippen LogP contribution in [0.5, 0.6) is 0 Å². The molecule has 4 rings (SSSR count). The molecule has 11 heteroatoms. The molecule has 6 nitrogen and oxygen atoms in total. The largest absolute Gasteiger partial charge is 0.447 e. The molecule has 0 radical (unpaired) electrons. The molecule has 5 atom stereocenters. The molecule has 1 N–H and O–H groups in total. The lowest BCUT2D eigenvalue weighted by molar-refractivity contribution is -0.300. The molecule has 32 heavy (non-hydrogen) atoms. The molecule has 3 fully saturated rings. The Hall–Kier alpha value is -3.23. The number of ether oxygens (including phenoxy) is 2. The molecule has 166 valence electrons. The Kier molecular flexibility index (Phi) is 4.73. The Morgan fingerprint density at radius 3 is 2.03 bits per heavy atom. The molecule has 2 bridgehead atoms. The fourth-order valence-electron chi connectivity index (χ4n) is 5.40. The summed E-state index contributed by atoms with van der Waals surface area (Å²) in [6.07, 6.45) is -0.979. The fourth-order valence-corrected chi connectivity index (χ4v) is 5.40. The van der Waals surface area contributed by atoms with Gasteiger partial charge in [0.15, 0.2) is 28.7 Å². The minimum Gasteiger partial charge on any atom is -0.447 e. The van der Waals surface area contributed by atoms with Crippen molar-refractivity contribution in [3.63, 3.8) is 0 Å². The van der Waals surface area contributed by atoms with Crippen LogP contribution in [0.3, 0.4) is 0 Å². The first kappa shape index (κ1) is 22.0. The lowest BCUT2D eigenvalue weighted by atomic mass is 9.50. The van der Waals surface area contributed by atoms with E-state index in [4.69, 9.17) is 14.9 Å². The van der Waals surface area contributed by atoms with Gasteiger partial charge < -0.3 is 9.47 Å². The van der Waals surface area contributed by atoms with Gasteiger partial charge in [0.25, 0.3) is 0 Å². The fraction of sp³-hybridized carbons (Fsp3) is 0.524. The second-order valence-corrected chi connectivity index (χ2v) is 8.28. The van der Waals surface area contributed by atoms with Crippen LogP contribution in [0.4, 0.5) is 22.0 Å². The van der Waals surface area contributed by atoms with Gasteiger partial charge in [0.1, 0.15) is 6.10 Å². The molecule has 1 aliphatic carbocycles. The lowest BCUT2D eigenvalue weighted by Crippen LogP contribution is -2.61. The van der Waals surface area contributed by atoms with Crippen molar-refractivity contribution in [3.05, 3.63) is 34.6 Å². The van der Waals surface area contributed by atoms with Gasteiger partial charge >= 0.3 is 0 Å². The number of halogens is 5. The van der Waals surface area contributed by atoms with Crippen LogP contribution < -0.4 is 0 Å². The first-order valence-corrected chi connectivity index (χ1v) is 9.81. The van der Waals surface area contributed by atoms with Gasteiger partial charge in [-0.1, -0.05) is 13.3 Å². The van der Waals surface area contributed by atoms with E-state index >= 15 is 0 Å². The Labute approximate surface area is 179 Å². The zero-order valence-electron chi connectivity index (χ0n) is 16.6. The molecule has 2 saturated heterocycles. The standard InChI is InChI=1S/C21H15F5N4O2/c1-2-9-3-4-21-10(5-9)20(8-29,18(30)32-21)19(6-27,7-28)17(31-21)11-12(22)14(24)16(26)15(25)13(11)23/h9-10,17,30H,2-5H2,1H3. The summed E-state index contributed by atoms with van der Waals surface area (Å²) in [5.74, 6) is -15.2. The van der Waals surface area contributed by atoms with Crippen molar-refractivity contribution in [1.82, 2.24) is 0 Å². The summed E-state index contributed by atoms with van der Waals surface area (Å²) < 4.78 is 82.4. The van der Waals surface area contributed by atoms with Crippen molar-refractivity contribution >= 4 is 5.90 Å². The summed E-state index contributed by atoms with van der Waals surface area (Å²) in [6, 6.07) is 4.86. The average Bonchev–Trinajstić information content (AvgIpc) is 3.00. The number of benzene rings is 1. The maximum atomic E-state index is 14.7. The number of rotatable bonds is 2.